The molecule has 248 valence electrons. The fourth-order valence-electron chi connectivity index (χ4n) is 10.4. The van der Waals surface area contributed by atoms with Crippen molar-refractivity contribution in [2.24, 2.45) is 0 Å². The SMILES string of the molecule is C1CCC(N(C(N(C2CCCCC2)C2CCCCC2)=[N+](C2CCCCC2)C2CCCCC2)C2CCCCC2)CC1.CC[O-]. The van der Waals surface area contributed by atoms with Crippen molar-refractivity contribution < 1.29 is 9.68 Å². The van der Waals surface area contributed by atoms with Crippen LogP contribution in [0.4, 0.5) is 0 Å². The van der Waals surface area contributed by atoms with E-state index < -0.39 is 0 Å². The molecule has 0 bridgehead atoms. The minimum Gasteiger partial charge on any atom is -0.855 e. The maximum Gasteiger partial charge on any atom is 0.351 e. The van der Waals surface area contributed by atoms with E-state index in [0.29, 0.717) is 0 Å². The highest BCUT2D eigenvalue weighted by atomic mass is 16.2. The third-order valence-electron chi connectivity index (χ3n) is 12.5. The largest absolute Gasteiger partial charge is 0.855 e. The number of guanidine groups is 1. The molecule has 0 aromatic heterocycles. The van der Waals surface area contributed by atoms with Gasteiger partial charge in [-0.15, -0.1) is 6.61 Å². The summed E-state index contributed by atoms with van der Waals surface area (Å²) in [6, 6.07) is 4.81. The Bertz CT molecular complexity index is 678. The molecule has 0 atom stereocenters. The fourth-order valence-corrected chi connectivity index (χ4v) is 10.4. The van der Waals surface area contributed by atoms with Crippen LogP contribution in [0.25, 0.3) is 0 Å². The van der Waals surface area contributed by atoms with Gasteiger partial charge in [0.25, 0.3) is 0 Å². The molecule has 6 fully saturated rings. The van der Waals surface area contributed by atoms with E-state index in [0.717, 1.165) is 36.3 Å². The van der Waals surface area contributed by atoms with Crippen LogP contribution in [0, 0.1) is 0 Å². The number of rotatable bonds is 6. The molecule has 6 rings (SSSR count). The minimum absolute atomic E-state index is 0. The van der Waals surface area contributed by atoms with Crippen LogP contribution in [0.3, 0.4) is 0 Å². The van der Waals surface area contributed by atoms with Gasteiger partial charge < -0.3 is 5.11 Å². The van der Waals surface area contributed by atoms with E-state index in [1.165, 1.54) is 193 Å². The predicted octanol–water partition coefficient (Wildman–Crippen LogP) is 9.32. The first kappa shape index (κ1) is 33.6. The molecule has 6 aliphatic carbocycles. The second-order valence-corrected chi connectivity index (χ2v) is 15.6. The van der Waals surface area contributed by atoms with Crippen molar-refractivity contribution in [3.05, 3.63) is 0 Å². The van der Waals surface area contributed by atoms with E-state index in [1.54, 1.807) is 6.92 Å². The van der Waals surface area contributed by atoms with Crippen molar-refractivity contribution in [2.75, 3.05) is 6.61 Å². The maximum absolute atomic E-state index is 8.93. The lowest BCUT2D eigenvalue weighted by atomic mass is 9.86. The van der Waals surface area contributed by atoms with Crippen LogP contribution in [0.5, 0.6) is 0 Å². The highest BCUT2D eigenvalue weighted by molar-refractivity contribution is 5.77. The van der Waals surface area contributed by atoms with Crippen molar-refractivity contribution >= 4 is 5.96 Å². The van der Waals surface area contributed by atoms with Gasteiger partial charge >= 0.3 is 5.96 Å². The topological polar surface area (TPSA) is 32.5 Å². The monoisotopic (exact) mass is 598 g/mol. The summed E-state index contributed by atoms with van der Waals surface area (Å²) in [5, 5.41) is 8.93. The van der Waals surface area contributed by atoms with Crippen LogP contribution in [-0.2, 0) is 0 Å². The summed E-state index contributed by atoms with van der Waals surface area (Å²) in [4.78, 5) is 6.56. The van der Waals surface area contributed by atoms with Crippen molar-refractivity contribution in [3.63, 3.8) is 0 Å². The third kappa shape index (κ3) is 9.16. The quantitative estimate of drug-likeness (QED) is 0.174. The number of nitrogens with zero attached hydrogens (tertiary/aromatic N) is 3. The second kappa shape index (κ2) is 18.4. The minimum atomic E-state index is 0. The third-order valence-corrected chi connectivity index (χ3v) is 12.5. The van der Waals surface area contributed by atoms with Crippen molar-refractivity contribution in [2.45, 2.75) is 236 Å². The van der Waals surface area contributed by atoms with Crippen molar-refractivity contribution in [1.82, 2.24) is 9.80 Å². The summed E-state index contributed by atoms with van der Waals surface area (Å²) >= 11 is 0. The number of hydrogen-bond donors (Lipinski definition) is 0. The fraction of sp³-hybridized carbons (Fsp3) is 0.974. The molecule has 6 aliphatic rings. The molecule has 0 saturated heterocycles. The van der Waals surface area contributed by atoms with Crippen LogP contribution < -0.4 is 5.11 Å². The zero-order valence-corrected chi connectivity index (χ0v) is 28.6. The number of hydrogen-bond acceptors (Lipinski definition) is 1. The molecule has 0 unspecified atom stereocenters. The second-order valence-electron chi connectivity index (χ2n) is 15.6. The molecular formula is C39H71N3O. The normalized spacial score (nSPS) is 26.4. The van der Waals surface area contributed by atoms with E-state index in [4.69, 9.17) is 5.11 Å². The Hall–Kier alpha value is -0.770. The van der Waals surface area contributed by atoms with E-state index >= 15 is 0 Å². The van der Waals surface area contributed by atoms with Gasteiger partial charge in [-0.3, -0.25) is 14.4 Å². The van der Waals surface area contributed by atoms with Gasteiger partial charge in [0, 0.05) is 0 Å². The van der Waals surface area contributed by atoms with Gasteiger partial charge in [0.2, 0.25) is 0 Å². The lowest BCUT2D eigenvalue weighted by molar-refractivity contribution is -0.617. The molecule has 0 heterocycles. The van der Waals surface area contributed by atoms with Gasteiger partial charge in [0.1, 0.15) is 0 Å². The Morgan fingerprint density at radius 3 is 0.860 bits per heavy atom. The van der Waals surface area contributed by atoms with Crippen LogP contribution in [0.1, 0.15) is 200 Å². The van der Waals surface area contributed by atoms with Crippen LogP contribution >= 0.6 is 0 Å². The summed E-state index contributed by atoms with van der Waals surface area (Å²) in [5.74, 6) is 1.87. The molecular weight excluding hydrogens is 526 g/mol. The lowest BCUT2D eigenvalue weighted by Crippen LogP contribution is -2.65. The molecule has 0 spiro atoms. The lowest BCUT2D eigenvalue weighted by Gasteiger charge is -2.49. The van der Waals surface area contributed by atoms with Gasteiger partial charge in [0.15, 0.2) is 0 Å². The first-order valence-corrected chi connectivity index (χ1v) is 20.1. The van der Waals surface area contributed by atoms with E-state index in [1.807, 2.05) is 5.96 Å². The molecule has 6 saturated carbocycles. The maximum atomic E-state index is 8.93. The Balaban J connectivity index is 0.00000118. The molecule has 0 amide bonds. The predicted molar refractivity (Wildman–Crippen MR) is 181 cm³/mol. The van der Waals surface area contributed by atoms with Gasteiger partial charge in [-0.2, -0.15) is 0 Å². The standard InChI is InChI=1S/C37H66N3.C2H5O/c1-7-19-31(20-8-1)38(32-21-9-2-10-22-32)37(39(33-23-11-3-12-24-33)34-25-13-4-14-26-34)40(35-27-15-5-16-28-35)36-29-17-6-18-30-36;1-2-3/h31-36H,1-30H2;2H2,1H3/q+1;-1. The van der Waals surface area contributed by atoms with E-state index in [-0.39, 0.29) is 6.61 Å². The van der Waals surface area contributed by atoms with Gasteiger partial charge in [-0.1, -0.05) is 122 Å². The Morgan fingerprint density at radius 2 is 0.628 bits per heavy atom. The molecule has 0 radical (unpaired) electrons. The molecule has 4 heteroatoms. The summed E-state index contributed by atoms with van der Waals surface area (Å²) in [5.41, 5.74) is 0. The first-order valence-electron chi connectivity index (χ1n) is 20.1. The van der Waals surface area contributed by atoms with Crippen LogP contribution in [0.15, 0.2) is 0 Å². The van der Waals surface area contributed by atoms with E-state index in [9.17, 15) is 0 Å². The zero-order chi connectivity index (χ0) is 29.7. The highest BCUT2D eigenvalue weighted by Gasteiger charge is 2.48. The molecule has 0 aromatic rings. The molecule has 0 N–H and O–H groups in total. The first-order chi connectivity index (χ1) is 21.3. The van der Waals surface area contributed by atoms with Gasteiger partial charge in [-0.05, 0) is 77.0 Å². The molecule has 4 nitrogen and oxygen atoms in total. The summed E-state index contributed by atoms with van der Waals surface area (Å²) < 4.78 is 3.28. The van der Waals surface area contributed by atoms with Crippen molar-refractivity contribution in [1.29, 1.82) is 0 Å². The molecule has 0 aromatic carbocycles. The van der Waals surface area contributed by atoms with Crippen LogP contribution in [0.2, 0.25) is 0 Å². The molecule has 43 heavy (non-hydrogen) atoms. The van der Waals surface area contributed by atoms with Crippen LogP contribution in [-0.4, -0.2) is 63.2 Å². The smallest absolute Gasteiger partial charge is 0.351 e. The van der Waals surface area contributed by atoms with Gasteiger partial charge in [-0.25, -0.2) is 0 Å². The van der Waals surface area contributed by atoms with Gasteiger partial charge in [0.05, 0.1) is 36.3 Å². The average molecular weight is 598 g/mol. The molecule has 0 aliphatic heterocycles. The highest BCUT2D eigenvalue weighted by Crippen LogP contribution is 2.38. The average Bonchev–Trinajstić information content (AvgIpc) is 3.08. The summed E-state index contributed by atoms with van der Waals surface area (Å²) in [6.45, 7) is 1.57. The summed E-state index contributed by atoms with van der Waals surface area (Å²) in [7, 11) is 0. The Morgan fingerprint density at radius 1 is 0.419 bits per heavy atom. The summed E-state index contributed by atoms with van der Waals surface area (Å²) in [6.07, 6.45) is 44.1. The Kier molecular flexibility index (Phi) is 14.4. The van der Waals surface area contributed by atoms with Crippen molar-refractivity contribution in [3.8, 4) is 0 Å². The Labute approximate surface area is 267 Å². The van der Waals surface area contributed by atoms with E-state index in [2.05, 4.69) is 14.4 Å². The zero-order valence-electron chi connectivity index (χ0n) is 28.6.